The maximum atomic E-state index is 12.4. The van der Waals surface area contributed by atoms with E-state index in [1.54, 1.807) is 0 Å². The molecule has 106 valence electrons. The van der Waals surface area contributed by atoms with Gasteiger partial charge in [0.2, 0.25) is 5.79 Å². The first-order valence-electron chi connectivity index (χ1n) is 6.52. The average molecular weight is 270 g/mol. The predicted octanol–water partition coefficient (Wildman–Crippen LogP) is 0.431. The van der Waals surface area contributed by atoms with Crippen molar-refractivity contribution in [2.75, 3.05) is 26.9 Å². The van der Waals surface area contributed by atoms with E-state index in [0.29, 0.717) is 26.1 Å². The lowest BCUT2D eigenvalue weighted by Gasteiger charge is -2.48. The van der Waals surface area contributed by atoms with Crippen LogP contribution in [-0.4, -0.2) is 50.1 Å². The molecule has 0 radical (unpaired) electrons. The number of methoxy groups -OCH3 is 1. The summed E-state index contributed by atoms with van der Waals surface area (Å²) in [6.07, 6.45) is 1.36. The smallest absolute Gasteiger partial charge is 0.351 e. The molecule has 4 rings (SSSR count). The topological polar surface area (TPSA) is 71.1 Å². The zero-order valence-corrected chi connectivity index (χ0v) is 11.2. The van der Waals surface area contributed by atoms with Gasteiger partial charge in [0.1, 0.15) is 0 Å². The number of ether oxygens (including phenoxy) is 4. The molecule has 0 aromatic heterocycles. The van der Waals surface area contributed by atoms with Crippen LogP contribution in [0.15, 0.2) is 0 Å². The maximum absolute atomic E-state index is 12.4. The van der Waals surface area contributed by atoms with E-state index in [4.69, 9.17) is 18.9 Å². The minimum atomic E-state index is -1.76. The van der Waals surface area contributed by atoms with Gasteiger partial charge < -0.3 is 18.9 Å². The minimum Gasteiger partial charge on any atom is -0.466 e. The van der Waals surface area contributed by atoms with Gasteiger partial charge in [0, 0.05) is 18.3 Å². The van der Waals surface area contributed by atoms with Gasteiger partial charge in [-0.05, 0) is 6.42 Å². The Kier molecular flexibility index (Phi) is 2.75. The van der Waals surface area contributed by atoms with Crippen LogP contribution in [-0.2, 0) is 28.5 Å². The molecular formula is C13H18O6. The van der Waals surface area contributed by atoms with Crippen LogP contribution in [0.4, 0.5) is 0 Å². The van der Waals surface area contributed by atoms with Crippen LogP contribution >= 0.6 is 0 Å². The molecular weight excluding hydrogens is 252 g/mol. The number of carbonyl (C=O) groups excluding carboxylic acids is 2. The number of esters is 1. The Morgan fingerprint density at radius 1 is 1.21 bits per heavy atom. The molecule has 0 N–H and O–H groups in total. The number of fused-ring (bicyclic) bond motifs is 3. The zero-order chi connectivity index (χ0) is 13.7. The molecule has 1 saturated carbocycles. The Balaban J connectivity index is 2.12. The summed E-state index contributed by atoms with van der Waals surface area (Å²) in [6, 6.07) is 0. The number of hydrogen-bond acceptors (Lipinski definition) is 6. The van der Waals surface area contributed by atoms with Crippen LogP contribution in [0, 0.1) is 5.41 Å². The van der Waals surface area contributed by atoms with E-state index < -0.39 is 17.4 Å². The first kappa shape index (κ1) is 13.0. The van der Waals surface area contributed by atoms with Gasteiger partial charge in [0.15, 0.2) is 5.78 Å². The highest BCUT2D eigenvalue weighted by molar-refractivity contribution is 6.09. The highest BCUT2D eigenvalue weighted by Crippen LogP contribution is 2.50. The monoisotopic (exact) mass is 270 g/mol. The van der Waals surface area contributed by atoms with E-state index >= 15 is 0 Å². The Bertz CT molecular complexity index is 413. The highest BCUT2D eigenvalue weighted by Gasteiger charge is 2.71. The van der Waals surface area contributed by atoms with E-state index in [1.807, 2.05) is 6.92 Å². The van der Waals surface area contributed by atoms with Crippen LogP contribution in [0.2, 0.25) is 0 Å². The van der Waals surface area contributed by atoms with E-state index in [9.17, 15) is 9.59 Å². The fourth-order valence-corrected chi connectivity index (χ4v) is 3.09. The zero-order valence-electron chi connectivity index (χ0n) is 11.2. The summed E-state index contributed by atoms with van der Waals surface area (Å²) in [4.78, 5) is 24.6. The normalized spacial score (nSPS) is 45.5. The molecule has 0 aromatic rings. The Labute approximate surface area is 111 Å². The molecule has 0 amide bonds. The fourth-order valence-electron chi connectivity index (χ4n) is 3.09. The average Bonchev–Trinajstić information content (AvgIpc) is 2.63. The lowest BCUT2D eigenvalue weighted by molar-refractivity contribution is -0.331. The van der Waals surface area contributed by atoms with Crippen LogP contribution < -0.4 is 0 Å². The third kappa shape index (κ3) is 1.53. The summed E-state index contributed by atoms with van der Waals surface area (Å²) in [6.45, 7) is 3.03. The molecule has 1 unspecified atom stereocenters. The largest absolute Gasteiger partial charge is 0.466 e. The van der Waals surface area contributed by atoms with Gasteiger partial charge in [0.25, 0.3) is 5.60 Å². The molecule has 19 heavy (non-hydrogen) atoms. The van der Waals surface area contributed by atoms with Crippen molar-refractivity contribution in [3.63, 3.8) is 0 Å². The van der Waals surface area contributed by atoms with Gasteiger partial charge in [-0.15, -0.1) is 0 Å². The summed E-state index contributed by atoms with van der Waals surface area (Å²) in [5.41, 5.74) is -2.09. The molecule has 3 aliphatic heterocycles. The molecule has 3 saturated heterocycles. The van der Waals surface area contributed by atoms with Gasteiger partial charge in [-0.2, -0.15) is 0 Å². The number of carbonyl (C=O) groups is 2. The lowest BCUT2D eigenvalue weighted by atomic mass is 9.77. The molecule has 4 aliphatic rings. The van der Waals surface area contributed by atoms with Crippen LogP contribution in [0.5, 0.6) is 0 Å². The summed E-state index contributed by atoms with van der Waals surface area (Å²) in [7, 11) is 1.25. The van der Waals surface area contributed by atoms with Gasteiger partial charge in [-0.1, -0.05) is 6.92 Å². The number of hydrogen-bond donors (Lipinski definition) is 0. The third-order valence-corrected chi connectivity index (χ3v) is 4.26. The lowest BCUT2D eigenvalue weighted by Crippen LogP contribution is -2.69. The molecule has 3 heterocycles. The van der Waals surface area contributed by atoms with Crippen molar-refractivity contribution in [3.05, 3.63) is 0 Å². The highest BCUT2D eigenvalue weighted by atomic mass is 16.7. The van der Waals surface area contributed by atoms with Gasteiger partial charge >= 0.3 is 5.97 Å². The van der Waals surface area contributed by atoms with Crippen LogP contribution in [0.1, 0.15) is 26.2 Å². The van der Waals surface area contributed by atoms with Gasteiger partial charge in [-0.3, -0.25) is 4.79 Å². The number of Topliss-reactive ketones (excluding diaryl/α,β-unsaturated/α-hetero) is 1. The van der Waals surface area contributed by atoms with E-state index in [0.717, 1.165) is 0 Å². The van der Waals surface area contributed by atoms with Gasteiger partial charge in [-0.25, -0.2) is 4.79 Å². The first-order valence-corrected chi connectivity index (χ1v) is 6.52. The quantitative estimate of drug-likeness (QED) is 0.508. The molecule has 1 spiro atoms. The second-order valence-electron chi connectivity index (χ2n) is 5.88. The van der Waals surface area contributed by atoms with E-state index in [2.05, 4.69) is 0 Å². The second kappa shape index (κ2) is 4.01. The first-order chi connectivity index (χ1) is 8.98. The van der Waals surface area contributed by atoms with Crippen LogP contribution in [0.25, 0.3) is 0 Å². The Hall–Kier alpha value is -0.980. The molecule has 1 aliphatic carbocycles. The maximum Gasteiger partial charge on any atom is 0.351 e. The third-order valence-electron chi connectivity index (χ3n) is 4.26. The second-order valence-corrected chi connectivity index (χ2v) is 5.88. The number of ketones is 1. The van der Waals surface area contributed by atoms with Crippen molar-refractivity contribution in [3.8, 4) is 0 Å². The van der Waals surface area contributed by atoms with Crippen molar-refractivity contribution in [1.29, 1.82) is 0 Å². The van der Waals surface area contributed by atoms with E-state index in [1.165, 1.54) is 7.11 Å². The molecule has 0 aromatic carbocycles. The molecule has 6 nitrogen and oxygen atoms in total. The van der Waals surface area contributed by atoms with Gasteiger partial charge in [0.05, 0.1) is 26.9 Å². The molecule has 4 fully saturated rings. The summed E-state index contributed by atoms with van der Waals surface area (Å²) in [5, 5.41) is 0. The molecule has 2 bridgehead atoms. The summed E-state index contributed by atoms with van der Waals surface area (Å²) >= 11 is 0. The van der Waals surface area contributed by atoms with Crippen molar-refractivity contribution >= 4 is 11.8 Å². The Morgan fingerprint density at radius 2 is 1.84 bits per heavy atom. The van der Waals surface area contributed by atoms with E-state index in [-0.39, 0.29) is 24.2 Å². The standard InChI is InChI=1S/C13H18O6/c1-11-6-17-12(18-7-11)5-3-4-9(14)13(12,19-8-11)10(15)16-2/h3-8H2,1-2H3. The van der Waals surface area contributed by atoms with Crippen molar-refractivity contribution in [2.45, 2.75) is 37.6 Å². The SMILES string of the molecule is COC(=O)C12OCC3(C)COC1(CCCC2=O)OC3. The predicted molar refractivity (Wildman–Crippen MR) is 62.3 cm³/mol. The molecule has 6 heteroatoms. The molecule has 1 atom stereocenters. The van der Waals surface area contributed by atoms with Crippen molar-refractivity contribution < 1.29 is 28.5 Å². The summed E-state index contributed by atoms with van der Waals surface area (Å²) < 4.78 is 22.2. The van der Waals surface area contributed by atoms with Crippen LogP contribution in [0.3, 0.4) is 0 Å². The summed E-state index contributed by atoms with van der Waals surface area (Å²) in [5.74, 6) is -2.34. The minimum absolute atomic E-state index is 0.246. The van der Waals surface area contributed by atoms with Crippen molar-refractivity contribution in [1.82, 2.24) is 0 Å². The number of rotatable bonds is 1. The fraction of sp³-hybridized carbons (Fsp3) is 0.846. The Morgan fingerprint density at radius 3 is 2.47 bits per heavy atom. The van der Waals surface area contributed by atoms with Crippen molar-refractivity contribution in [2.24, 2.45) is 5.41 Å².